The summed E-state index contributed by atoms with van der Waals surface area (Å²) in [6.07, 6.45) is 2.86. The van der Waals surface area contributed by atoms with Gasteiger partial charge in [0.25, 0.3) is 0 Å². The van der Waals surface area contributed by atoms with Gasteiger partial charge in [-0.25, -0.2) is 0 Å². The Balaban J connectivity index is 4.67. The molecule has 0 fully saturated rings. The van der Waals surface area contributed by atoms with Gasteiger partial charge in [-0.3, -0.25) is 9.59 Å². The van der Waals surface area contributed by atoms with Crippen molar-refractivity contribution >= 4 is 11.9 Å². The molecule has 0 aliphatic rings. The second-order valence-electron chi connectivity index (χ2n) is 5.65. The molecule has 0 heterocycles. The minimum Gasteiger partial charge on any atom is -0.481 e. The molecule has 0 rings (SSSR count). The molecule has 112 valence electrons. The van der Waals surface area contributed by atoms with Gasteiger partial charge < -0.3 is 10.4 Å². The monoisotopic (exact) mass is 271 g/mol. The van der Waals surface area contributed by atoms with Gasteiger partial charge in [-0.1, -0.05) is 41.0 Å². The van der Waals surface area contributed by atoms with Crippen molar-refractivity contribution < 1.29 is 14.7 Å². The molecule has 19 heavy (non-hydrogen) atoms. The molecule has 4 heteroatoms. The standard InChI is InChI=1S/C15H29NO3/c1-6-9-12(11(4)5)13(17)16-10-15(7-2,8-3)14(18)19/h11-12H,6-10H2,1-5H3,(H,16,17)(H,18,19). The Bertz CT molecular complexity index is 296. The van der Waals surface area contributed by atoms with Crippen LogP contribution in [0.3, 0.4) is 0 Å². The number of carboxylic acids is 1. The number of rotatable bonds is 9. The zero-order valence-electron chi connectivity index (χ0n) is 13.0. The van der Waals surface area contributed by atoms with Crippen molar-refractivity contribution in [1.82, 2.24) is 5.32 Å². The first-order valence-corrected chi connectivity index (χ1v) is 7.35. The Morgan fingerprint density at radius 3 is 2.00 bits per heavy atom. The lowest BCUT2D eigenvalue weighted by molar-refractivity contribution is -0.149. The van der Waals surface area contributed by atoms with E-state index < -0.39 is 11.4 Å². The Morgan fingerprint density at radius 1 is 1.16 bits per heavy atom. The minimum atomic E-state index is -0.830. The predicted octanol–water partition coefficient (Wildman–Crippen LogP) is 3.07. The van der Waals surface area contributed by atoms with Crippen LogP contribution >= 0.6 is 0 Å². The van der Waals surface area contributed by atoms with Crippen LogP contribution in [-0.4, -0.2) is 23.5 Å². The van der Waals surface area contributed by atoms with E-state index in [2.05, 4.69) is 12.2 Å². The van der Waals surface area contributed by atoms with Crippen LogP contribution < -0.4 is 5.32 Å². The third-order valence-electron chi connectivity index (χ3n) is 4.15. The summed E-state index contributed by atoms with van der Waals surface area (Å²) in [5.41, 5.74) is -0.830. The number of aliphatic carboxylic acids is 1. The largest absolute Gasteiger partial charge is 0.481 e. The van der Waals surface area contributed by atoms with Gasteiger partial charge in [-0.2, -0.15) is 0 Å². The molecule has 1 amide bonds. The molecule has 0 saturated carbocycles. The van der Waals surface area contributed by atoms with E-state index in [1.807, 2.05) is 27.7 Å². The topological polar surface area (TPSA) is 66.4 Å². The summed E-state index contributed by atoms with van der Waals surface area (Å²) in [4.78, 5) is 23.5. The first-order valence-electron chi connectivity index (χ1n) is 7.35. The van der Waals surface area contributed by atoms with E-state index >= 15 is 0 Å². The van der Waals surface area contributed by atoms with Crippen molar-refractivity contribution in [2.45, 2.75) is 60.3 Å². The summed E-state index contributed by atoms with van der Waals surface area (Å²) >= 11 is 0. The minimum absolute atomic E-state index is 0.00984. The number of hydrogen-bond donors (Lipinski definition) is 2. The van der Waals surface area contributed by atoms with E-state index in [1.165, 1.54) is 0 Å². The molecule has 0 aliphatic carbocycles. The van der Waals surface area contributed by atoms with Crippen molar-refractivity contribution in [3.8, 4) is 0 Å². The average molecular weight is 271 g/mol. The van der Waals surface area contributed by atoms with Gasteiger partial charge in [0.2, 0.25) is 5.91 Å². The van der Waals surface area contributed by atoms with Crippen LogP contribution in [0.15, 0.2) is 0 Å². The van der Waals surface area contributed by atoms with Gasteiger partial charge in [0.15, 0.2) is 0 Å². The molecule has 0 spiro atoms. The maximum absolute atomic E-state index is 12.2. The maximum Gasteiger partial charge on any atom is 0.311 e. The first kappa shape index (κ1) is 17.9. The summed E-state index contributed by atoms with van der Waals surface area (Å²) < 4.78 is 0. The second kappa shape index (κ2) is 8.18. The maximum atomic E-state index is 12.2. The van der Waals surface area contributed by atoms with Gasteiger partial charge in [0.05, 0.1) is 5.41 Å². The molecule has 1 atom stereocenters. The number of carboxylic acid groups (broad SMARTS) is 1. The second-order valence-corrected chi connectivity index (χ2v) is 5.65. The van der Waals surface area contributed by atoms with Crippen LogP contribution in [0.25, 0.3) is 0 Å². The molecule has 0 aromatic rings. The predicted molar refractivity (Wildman–Crippen MR) is 76.9 cm³/mol. The zero-order chi connectivity index (χ0) is 15.1. The van der Waals surface area contributed by atoms with E-state index in [1.54, 1.807) is 0 Å². The molecule has 4 nitrogen and oxygen atoms in total. The highest BCUT2D eigenvalue weighted by Gasteiger charge is 2.35. The quantitative estimate of drug-likeness (QED) is 0.677. The number of nitrogens with one attached hydrogen (secondary N) is 1. The lowest BCUT2D eigenvalue weighted by Crippen LogP contribution is -2.44. The number of carbonyl (C=O) groups excluding carboxylic acids is 1. The van der Waals surface area contributed by atoms with E-state index in [4.69, 9.17) is 0 Å². The fraction of sp³-hybridized carbons (Fsp3) is 0.867. The van der Waals surface area contributed by atoms with Crippen molar-refractivity contribution in [1.29, 1.82) is 0 Å². The van der Waals surface area contributed by atoms with Gasteiger partial charge in [-0.15, -0.1) is 0 Å². The number of hydrogen-bond acceptors (Lipinski definition) is 2. The normalized spacial score (nSPS) is 13.4. The highest BCUT2D eigenvalue weighted by molar-refractivity contribution is 5.80. The van der Waals surface area contributed by atoms with E-state index in [0.29, 0.717) is 12.8 Å². The molecule has 0 bridgehead atoms. The van der Waals surface area contributed by atoms with Crippen LogP contribution in [0.5, 0.6) is 0 Å². The molecular formula is C15H29NO3. The lowest BCUT2D eigenvalue weighted by atomic mass is 9.82. The average Bonchev–Trinajstić information content (AvgIpc) is 2.36. The molecule has 0 aromatic carbocycles. The Labute approximate surface area is 117 Å². The van der Waals surface area contributed by atoms with Crippen LogP contribution in [0.1, 0.15) is 60.3 Å². The van der Waals surface area contributed by atoms with Crippen LogP contribution in [0.2, 0.25) is 0 Å². The third-order valence-corrected chi connectivity index (χ3v) is 4.15. The fourth-order valence-corrected chi connectivity index (χ4v) is 2.34. The molecule has 0 aliphatic heterocycles. The smallest absolute Gasteiger partial charge is 0.311 e. The number of carbonyl (C=O) groups is 2. The molecule has 0 aromatic heterocycles. The summed E-state index contributed by atoms with van der Waals surface area (Å²) in [5, 5.41) is 12.2. The lowest BCUT2D eigenvalue weighted by Gasteiger charge is -2.28. The zero-order valence-corrected chi connectivity index (χ0v) is 13.0. The first-order chi connectivity index (χ1) is 8.84. The molecule has 0 saturated heterocycles. The van der Waals surface area contributed by atoms with E-state index in [-0.39, 0.29) is 24.3 Å². The summed E-state index contributed by atoms with van der Waals surface area (Å²) in [6, 6.07) is 0. The van der Waals surface area contributed by atoms with Crippen molar-refractivity contribution in [2.75, 3.05) is 6.54 Å². The van der Waals surface area contributed by atoms with E-state index in [9.17, 15) is 14.7 Å². The highest BCUT2D eigenvalue weighted by atomic mass is 16.4. The fourth-order valence-electron chi connectivity index (χ4n) is 2.34. The van der Waals surface area contributed by atoms with Gasteiger partial charge >= 0.3 is 5.97 Å². The SMILES string of the molecule is CCCC(C(=O)NCC(CC)(CC)C(=O)O)C(C)C. The Morgan fingerprint density at radius 2 is 1.68 bits per heavy atom. The Kier molecular flexibility index (Phi) is 7.72. The molecule has 0 radical (unpaired) electrons. The molecule has 2 N–H and O–H groups in total. The van der Waals surface area contributed by atoms with Gasteiger partial charge in [0.1, 0.15) is 0 Å². The van der Waals surface area contributed by atoms with Crippen LogP contribution in [-0.2, 0) is 9.59 Å². The van der Waals surface area contributed by atoms with Crippen molar-refractivity contribution in [3.05, 3.63) is 0 Å². The van der Waals surface area contributed by atoms with Crippen LogP contribution in [0.4, 0.5) is 0 Å². The molecule has 1 unspecified atom stereocenters. The van der Waals surface area contributed by atoms with Gasteiger partial charge in [0, 0.05) is 12.5 Å². The van der Waals surface area contributed by atoms with Crippen molar-refractivity contribution in [3.63, 3.8) is 0 Å². The summed E-state index contributed by atoms with van der Waals surface area (Å²) in [7, 11) is 0. The van der Waals surface area contributed by atoms with Crippen LogP contribution in [0, 0.1) is 17.3 Å². The van der Waals surface area contributed by atoms with Crippen molar-refractivity contribution in [2.24, 2.45) is 17.3 Å². The third kappa shape index (κ3) is 4.84. The Hall–Kier alpha value is -1.06. The van der Waals surface area contributed by atoms with E-state index in [0.717, 1.165) is 12.8 Å². The summed E-state index contributed by atoms with van der Waals surface area (Å²) in [5.74, 6) is -0.577. The van der Waals surface area contributed by atoms with Gasteiger partial charge in [-0.05, 0) is 25.2 Å². The highest BCUT2D eigenvalue weighted by Crippen LogP contribution is 2.26. The number of amides is 1. The molecular weight excluding hydrogens is 242 g/mol. The summed E-state index contributed by atoms with van der Waals surface area (Å²) in [6.45, 7) is 10.1.